The van der Waals surface area contributed by atoms with Gasteiger partial charge in [0.15, 0.2) is 6.10 Å². The molecule has 0 aliphatic carbocycles. The molecule has 8 nitrogen and oxygen atoms in total. The summed E-state index contributed by atoms with van der Waals surface area (Å²) in [6, 6.07) is 7.08. The van der Waals surface area contributed by atoms with Crippen molar-refractivity contribution in [3.05, 3.63) is 50.7 Å². The molecular formula is C15H14N2O6S. The van der Waals surface area contributed by atoms with Crippen LogP contribution in [0.3, 0.4) is 0 Å². The SMILES string of the molecule is COc1ccc([N+](=O)[O-])cc1NC(=O)[C@H](C)OC(=O)c1cccs1. The molecule has 0 saturated carbocycles. The van der Waals surface area contributed by atoms with Crippen LogP contribution in [0.4, 0.5) is 11.4 Å². The molecule has 126 valence electrons. The van der Waals surface area contributed by atoms with Crippen molar-refractivity contribution in [1.82, 2.24) is 0 Å². The summed E-state index contributed by atoms with van der Waals surface area (Å²) in [4.78, 5) is 34.6. The van der Waals surface area contributed by atoms with E-state index in [0.717, 1.165) is 0 Å². The molecule has 0 saturated heterocycles. The zero-order chi connectivity index (χ0) is 17.7. The van der Waals surface area contributed by atoms with Crippen molar-refractivity contribution in [3.8, 4) is 5.75 Å². The van der Waals surface area contributed by atoms with Gasteiger partial charge in [0.05, 0.1) is 17.7 Å². The fourth-order valence-electron chi connectivity index (χ4n) is 1.81. The molecule has 0 fully saturated rings. The van der Waals surface area contributed by atoms with Crippen molar-refractivity contribution in [2.45, 2.75) is 13.0 Å². The Kier molecular flexibility index (Phi) is 5.48. The maximum absolute atomic E-state index is 12.2. The summed E-state index contributed by atoms with van der Waals surface area (Å²) in [5.74, 6) is -0.983. The highest BCUT2D eigenvalue weighted by Gasteiger charge is 2.21. The number of methoxy groups -OCH3 is 1. The topological polar surface area (TPSA) is 108 Å². The Labute approximate surface area is 141 Å². The second-order valence-electron chi connectivity index (χ2n) is 4.66. The predicted molar refractivity (Wildman–Crippen MR) is 87.5 cm³/mol. The van der Waals surface area contributed by atoms with Gasteiger partial charge in [-0.15, -0.1) is 11.3 Å². The molecule has 1 atom stereocenters. The van der Waals surface area contributed by atoms with Crippen LogP contribution in [0, 0.1) is 10.1 Å². The van der Waals surface area contributed by atoms with Gasteiger partial charge in [-0.25, -0.2) is 4.79 Å². The van der Waals surface area contributed by atoms with E-state index in [2.05, 4.69) is 5.32 Å². The maximum Gasteiger partial charge on any atom is 0.349 e. The lowest BCUT2D eigenvalue weighted by molar-refractivity contribution is -0.384. The van der Waals surface area contributed by atoms with Gasteiger partial charge in [-0.3, -0.25) is 14.9 Å². The molecule has 1 aromatic heterocycles. The van der Waals surface area contributed by atoms with Gasteiger partial charge in [0.2, 0.25) is 0 Å². The van der Waals surface area contributed by atoms with E-state index in [-0.39, 0.29) is 17.1 Å². The van der Waals surface area contributed by atoms with E-state index in [0.29, 0.717) is 4.88 Å². The summed E-state index contributed by atoms with van der Waals surface area (Å²) in [7, 11) is 1.37. The number of non-ortho nitro benzene ring substituents is 1. The normalized spacial score (nSPS) is 11.4. The van der Waals surface area contributed by atoms with Gasteiger partial charge in [-0.1, -0.05) is 6.07 Å². The number of anilines is 1. The monoisotopic (exact) mass is 350 g/mol. The van der Waals surface area contributed by atoms with Crippen molar-refractivity contribution in [2.75, 3.05) is 12.4 Å². The second-order valence-corrected chi connectivity index (χ2v) is 5.60. The number of hydrogen-bond acceptors (Lipinski definition) is 7. The number of thiophene rings is 1. The quantitative estimate of drug-likeness (QED) is 0.487. The number of nitrogens with one attached hydrogen (secondary N) is 1. The summed E-state index contributed by atoms with van der Waals surface area (Å²) in [6.07, 6.45) is -1.08. The molecule has 0 radical (unpaired) electrons. The van der Waals surface area contributed by atoms with E-state index < -0.39 is 22.9 Å². The molecule has 1 amide bonds. The molecule has 0 unspecified atom stereocenters. The van der Waals surface area contributed by atoms with Crippen LogP contribution >= 0.6 is 11.3 Å². The Bertz CT molecular complexity index is 759. The minimum Gasteiger partial charge on any atom is -0.495 e. The van der Waals surface area contributed by atoms with Gasteiger partial charge in [0, 0.05) is 12.1 Å². The Balaban J connectivity index is 2.09. The van der Waals surface area contributed by atoms with Gasteiger partial charge < -0.3 is 14.8 Å². The number of ether oxygens (including phenoxy) is 2. The van der Waals surface area contributed by atoms with Crippen LogP contribution in [0.15, 0.2) is 35.7 Å². The first-order valence-corrected chi connectivity index (χ1v) is 7.68. The van der Waals surface area contributed by atoms with Crippen LogP contribution in [-0.4, -0.2) is 30.0 Å². The molecule has 0 aliphatic rings. The van der Waals surface area contributed by atoms with E-state index in [9.17, 15) is 19.7 Å². The molecule has 0 aliphatic heterocycles. The molecule has 2 aromatic rings. The molecular weight excluding hydrogens is 336 g/mol. The summed E-state index contributed by atoms with van der Waals surface area (Å²) >= 11 is 1.20. The van der Waals surface area contributed by atoms with E-state index in [1.54, 1.807) is 17.5 Å². The van der Waals surface area contributed by atoms with Gasteiger partial charge in [0.1, 0.15) is 10.6 Å². The van der Waals surface area contributed by atoms with Gasteiger partial charge in [-0.2, -0.15) is 0 Å². The molecule has 0 bridgehead atoms. The summed E-state index contributed by atoms with van der Waals surface area (Å²) in [5.41, 5.74) is -0.0787. The largest absolute Gasteiger partial charge is 0.495 e. The average molecular weight is 350 g/mol. The fourth-order valence-corrected chi connectivity index (χ4v) is 2.41. The molecule has 1 aromatic carbocycles. The standard InChI is InChI=1S/C15H14N2O6S/c1-9(23-15(19)13-4-3-7-24-13)14(18)16-11-8-10(17(20)21)5-6-12(11)22-2/h3-9H,1-2H3,(H,16,18)/t9-/m0/s1. The molecule has 0 spiro atoms. The maximum atomic E-state index is 12.2. The third-order valence-electron chi connectivity index (χ3n) is 3.03. The number of rotatable bonds is 6. The Morgan fingerprint density at radius 2 is 2.08 bits per heavy atom. The summed E-state index contributed by atoms with van der Waals surface area (Å²) in [6.45, 7) is 1.41. The molecule has 1 heterocycles. The number of benzene rings is 1. The molecule has 1 N–H and O–H groups in total. The van der Waals surface area contributed by atoms with Crippen molar-refractivity contribution in [1.29, 1.82) is 0 Å². The third-order valence-corrected chi connectivity index (χ3v) is 3.88. The van der Waals surface area contributed by atoms with Crippen LogP contribution < -0.4 is 10.1 Å². The predicted octanol–water partition coefficient (Wildman–Crippen LogP) is 2.85. The van der Waals surface area contributed by atoms with E-state index >= 15 is 0 Å². The molecule has 24 heavy (non-hydrogen) atoms. The Morgan fingerprint density at radius 3 is 2.67 bits per heavy atom. The van der Waals surface area contributed by atoms with Crippen molar-refractivity contribution in [2.24, 2.45) is 0 Å². The van der Waals surface area contributed by atoms with Gasteiger partial charge in [-0.05, 0) is 24.4 Å². The highest BCUT2D eigenvalue weighted by Crippen LogP contribution is 2.29. The van der Waals surface area contributed by atoms with Crippen LogP contribution in [0.25, 0.3) is 0 Å². The number of nitrogens with zero attached hydrogens (tertiary/aromatic N) is 1. The third kappa shape index (κ3) is 4.07. The minimum absolute atomic E-state index is 0.121. The number of nitro groups is 1. The van der Waals surface area contributed by atoms with E-state index in [1.807, 2.05) is 0 Å². The first-order valence-electron chi connectivity index (χ1n) is 6.80. The van der Waals surface area contributed by atoms with Gasteiger partial charge >= 0.3 is 5.97 Å². The number of nitro benzene ring substituents is 1. The lowest BCUT2D eigenvalue weighted by Gasteiger charge is -2.14. The Morgan fingerprint density at radius 1 is 1.33 bits per heavy atom. The van der Waals surface area contributed by atoms with Crippen molar-refractivity contribution >= 4 is 34.6 Å². The van der Waals surface area contributed by atoms with Crippen LogP contribution in [0.5, 0.6) is 5.75 Å². The number of amides is 1. The number of esters is 1. The summed E-state index contributed by atoms with van der Waals surface area (Å²) < 4.78 is 10.1. The summed E-state index contributed by atoms with van der Waals surface area (Å²) in [5, 5.41) is 15.0. The first-order chi connectivity index (χ1) is 11.4. The van der Waals surface area contributed by atoms with Crippen molar-refractivity contribution < 1.29 is 24.0 Å². The lowest BCUT2D eigenvalue weighted by atomic mass is 10.2. The Hall–Kier alpha value is -2.94. The number of carbonyl (C=O) groups is 2. The highest BCUT2D eigenvalue weighted by atomic mass is 32.1. The van der Waals surface area contributed by atoms with E-state index in [4.69, 9.17) is 9.47 Å². The zero-order valence-corrected chi connectivity index (χ0v) is 13.7. The fraction of sp³-hybridized carbons (Fsp3) is 0.200. The van der Waals surface area contributed by atoms with E-state index in [1.165, 1.54) is 43.6 Å². The second kappa shape index (κ2) is 7.55. The number of hydrogen-bond donors (Lipinski definition) is 1. The molecule has 9 heteroatoms. The van der Waals surface area contributed by atoms with Crippen LogP contribution in [0.1, 0.15) is 16.6 Å². The van der Waals surface area contributed by atoms with Crippen LogP contribution in [-0.2, 0) is 9.53 Å². The highest BCUT2D eigenvalue weighted by molar-refractivity contribution is 7.11. The minimum atomic E-state index is -1.08. The number of carbonyl (C=O) groups excluding carboxylic acids is 2. The smallest absolute Gasteiger partial charge is 0.349 e. The van der Waals surface area contributed by atoms with Gasteiger partial charge in [0.25, 0.3) is 11.6 Å². The average Bonchev–Trinajstić information content (AvgIpc) is 3.09. The lowest BCUT2D eigenvalue weighted by Crippen LogP contribution is -2.30. The zero-order valence-electron chi connectivity index (χ0n) is 12.8. The first kappa shape index (κ1) is 17.4. The van der Waals surface area contributed by atoms with Crippen LogP contribution in [0.2, 0.25) is 0 Å². The molecule has 2 rings (SSSR count). The van der Waals surface area contributed by atoms with Crippen molar-refractivity contribution in [3.63, 3.8) is 0 Å².